The van der Waals surface area contributed by atoms with E-state index in [1.54, 1.807) is 35.1 Å². The Morgan fingerprint density at radius 2 is 1.73 bits per heavy atom. The summed E-state index contributed by atoms with van der Waals surface area (Å²) >= 11 is 0. The van der Waals surface area contributed by atoms with Crippen LogP contribution in [0.4, 0.5) is 29.3 Å². The summed E-state index contributed by atoms with van der Waals surface area (Å²) in [7, 11) is 5.52. The molecule has 0 unspecified atom stereocenters. The number of fused-ring (bicyclic) bond motifs is 1. The standard InChI is InChI=1S/C29H33F3N6O2/c1-28(2,3)25-16-21(22-17-34-37(6)26(22)35-25)18-7-10-20(11-8-18)38(27(33)39)23-15-19(29(30,31)32)9-12-24(23)40-14-13-36(4)5/h7-12,15-17H,13-14H2,1-6H3,(H2,33,39). The van der Waals surface area contributed by atoms with Crippen molar-refractivity contribution in [3.63, 3.8) is 0 Å². The van der Waals surface area contributed by atoms with Gasteiger partial charge in [-0.25, -0.2) is 9.78 Å². The number of halogens is 3. The third kappa shape index (κ3) is 6.04. The van der Waals surface area contributed by atoms with Crippen LogP contribution >= 0.6 is 0 Å². The summed E-state index contributed by atoms with van der Waals surface area (Å²) in [6, 6.07) is 10.9. The number of alkyl halides is 3. The van der Waals surface area contributed by atoms with E-state index in [1.807, 2.05) is 32.1 Å². The van der Waals surface area contributed by atoms with Crippen molar-refractivity contribution in [1.29, 1.82) is 0 Å². The van der Waals surface area contributed by atoms with Crippen LogP contribution in [0.5, 0.6) is 5.75 Å². The minimum absolute atomic E-state index is 0.0950. The van der Waals surface area contributed by atoms with Gasteiger partial charge < -0.3 is 15.4 Å². The summed E-state index contributed by atoms with van der Waals surface area (Å²) in [5.74, 6) is 0.110. The number of hydrogen-bond donors (Lipinski definition) is 1. The van der Waals surface area contributed by atoms with E-state index in [1.165, 1.54) is 6.07 Å². The number of hydrogen-bond acceptors (Lipinski definition) is 5. The Morgan fingerprint density at radius 1 is 1.05 bits per heavy atom. The van der Waals surface area contributed by atoms with Crippen LogP contribution in [-0.2, 0) is 18.6 Å². The van der Waals surface area contributed by atoms with Gasteiger partial charge in [-0.15, -0.1) is 0 Å². The van der Waals surface area contributed by atoms with Gasteiger partial charge in [-0.1, -0.05) is 32.9 Å². The fraction of sp³-hybridized carbons (Fsp3) is 0.345. The molecule has 0 fully saturated rings. The van der Waals surface area contributed by atoms with Crippen LogP contribution in [0.2, 0.25) is 0 Å². The minimum Gasteiger partial charge on any atom is -0.490 e. The average molecular weight is 555 g/mol. The first-order valence-corrected chi connectivity index (χ1v) is 12.7. The van der Waals surface area contributed by atoms with Gasteiger partial charge in [0.05, 0.1) is 23.1 Å². The van der Waals surface area contributed by atoms with Gasteiger partial charge in [0.2, 0.25) is 0 Å². The molecule has 4 aromatic rings. The summed E-state index contributed by atoms with van der Waals surface area (Å²) in [4.78, 5) is 20.4. The number of nitrogens with two attached hydrogens (primary N) is 1. The van der Waals surface area contributed by atoms with Crippen LogP contribution in [0.1, 0.15) is 32.0 Å². The van der Waals surface area contributed by atoms with E-state index < -0.39 is 17.8 Å². The van der Waals surface area contributed by atoms with Crippen LogP contribution in [0.15, 0.2) is 54.7 Å². The van der Waals surface area contributed by atoms with Gasteiger partial charge in [-0.3, -0.25) is 9.58 Å². The SMILES string of the molecule is CN(C)CCOc1ccc(C(F)(F)F)cc1N(C(N)=O)c1ccc(-c2cc(C(C)(C)C)nc3c2cnn3C)cc1. The smallest absolute Gasteiger partial charge is 0.416 e. The van der Waals surface area contributed by atoms with E-state index in [4.69, 9.17) is 15.5 Å². The van der Waals surface area contributed by atoms with Gasteiger partial charge in [-0.2, -0.15) is 18.3 Å². The Kier molecular flexibility index (Phi) is 7.80. The number of carbonyl (C=O) groups is 1. The number of anilines is 2. The number of primary amides is 1. The van der Waals surface area contributed by atoms with Crippen molar-refractivity contribution in [3.05, 3.63) is 66.0 Å². The molecule has 8 nitrogen and oxygen atoms in total. The molecular formula is C29H33F3N6O2. The predicted molar refractivity (Wildman–Crippen MR) is 150 cm³/mol. The molecule has 0 aliphatic rings. The summed E-state index contributed by atoms with van der Waals surface area (Å²) < 4.78 is 48.3. The van der Waals surface area contributed by atoms with E-state index in [2.05, 4.69) is 25.9 Å². The lowest BCUT2D eigenvalue weighted by Gasteiger charge is -2.25. The second kappa shape index (κ2) is 10.8. The molecule has 4 rings (SSSR count). The van der Waals surface area contributed by atoms with Crippen molar-refractivity contribution >= 4 is 28.4 Å². The first kappa shape index (κ1) is 28.9. The van der Waals surface area contributed by atoms with Gasteiger partial charge in [0.1, 0.15) is 12.4 Å². The van der Waals surface area contributed by atoms with Crippen LogP contribution in [0.25, 0.3) is 22.2 Å². The first-order chi connectivity index (χ1) is 18.7. The van der Waals surface area contributed by atoms with Crippen LogP contribution in [0, 0.1) is 0 Å². The van der Waals surface area contributed by atoms with E-state index in [9.17, 15) is 18.0 Å². The Morgan fingerprint density at radius 3 is 2.30 bits per heavy atom. The maximum absolute atomic E-state index is 13.6. The second-order valence-corrected chi connectivity index (χ2v) is 10.9. The molecule has 0 saturated heterocycles. The zero-order chi connectivity index (χ0) is 29.4. The largest absolute Gasteiger partial charge is 0.490 e. The lowest BCUT2D eigenvalue weighted by atomic mass is 9.89. The highest BCUT2D eigenvalue weighted by Gasteiger charge is 2.33. The summed E-state index contributed by atoms with van der Waals surface area (Å²) in [5, 5.41) is 5.21. The minimum atomic E-state index is -4.62. The molecule has 40 heavy (non-hydrogen) atoms. The molecule has 0 saturated carbocycles. The molecule has 0 aliphatic heterocycles. The molecule has 0 aliphatic carbocycles. The molecule has 0 radical (unpaired) electrons. The molecule has 2 heterocycles. The van der Waals surface area contributed by atoms with Crippen LogP contribution in [0.3, 0.4) is 0 Å². The van der Waals surface area contributed by atoms with Crippen molar-refractivity contribution in [2.24, 2.45) is 12.8 Å². The highest BCUT2D eigenvalue weighted by atomic mass is 19.4. The summed E-state index contributed by atoms with van der Waals surface area (Å²) in [5.41, 5.74) is 8.11. The molecule has 11 heteroatoms. The van der Waals surface area contributed by atoms with Gasteiger partial charge in [-0.05, 0) is 61.6 Å². The molecule has 2 aromatic carbocycles. The maximum Gasteiger partial charge on any atom is 0.416 e. The number of ether oxygens (including phenoxy) is 1. The molecule has 2 amide bonds. The summed E-state index contributed by atoms with van der Waals surface area (Å²) in [6.07, 6.45) is -2.88. The predicted octanol–water partition coefficient (Wildman–Crippen LogP) is 6.11. The number of benzene rings is 2. The van der Waals surface area contributed by atoms with Gasteiger partial charge in [0, 0.05) is 30.1 Å². The van der Waals surface area contributed by atoms with Crippen molar-refractivity contribution in [2.45, 2.75) is 32.4 Å². The molecule has 0 atom stereocenters. The molecule has 212 valence electrons. The number of aromatic nitrogens is 3. The Bertz CT molecular complexity index is 1520. The fourth-order valence-electron chi connectivity index (χ4n) is 4.24. The van der Waals surface area contributed by atoms with Crippen molar-refractivity contribution in [1.82, 2.24) is 19.7 Å². The Labute approximate surface area is 231 Å². The van der Waals surface area contributed by atoms with Gasteiger partial charge in [0.15, 0.2) is 5.65 Å². The average Bonchev–Trinajstić information content (AvgIpc) is 3.24. The van der Waals surface area contributed by atoms with Gasteiger partial charge in [0.25, 0.3) is 0 Å². The molecule has 2 aromatic heterocycles. The number of nitrogens with zero attached hydrogens (tertiary/aromatic N) is 5. The topological polar surface area (TPSA) is 89.5 Å². The highest BCUT2D eigenvalue weighted by Crippen LogP contribution is 2.40. The number of pyridine rings is 1. The highest BCUT2D eigenvalue weighted by molar-refractivity contribution is 6.00. The number of urea groups is 1. The van der Waals surface area contributed by atoms with Crippen LogP contribution in [-0.4, -0.2) is 52.9 Å². The quantitative estimate of drug-likeness (QED) is 0.298. The van der Waals surface area contributed by atoms with E-state index in [-0.39, 0.29) is 23.5 Å². The number of amides is 2. The van der Waals surface area contributed by atoms with E-state index >= 15 is 0 Å². The van der Waals surface area contributed by atoms with Crippen LogP contribution < -0.4 is 15.4 Å². The van der Waals surface area contributed by atoms with E-state index in [0.717, 1.165) is 44.9 Å². The zero-order valence-electron chi connectivity index (χ0n) is 23.4. The van der Waals surface area contributed by atoms with E-state index in [0.29, 0.717) is 12.2 Å². The second-order valence-electron chi connectivity index (χ2n) is 10.9. The zero-order valence-corrected chi connectivity index (χ0v) is 23.4. The fourth-order valence-corrected chi connectivity index (χ4v) is 4.24. The normalized spacial score (nSPS) is 12.2. The number of aryl methyl sites for hydroxylation is 1. The van der Waals surface area contributed by atoms with Crippen molar-refractivity contribution in [2.75, 3.05) is 32.1 Å². The molecule has 2 N–H and O–H groups in total. The maximum atomic E-state index is 13.6. The number of rotatable bonds is 7. The Hall–Kier alpha value is -4.12. The Balaban J connectivity index is 1.80. The lowest BCUT2D eigenvalue weighted by Crippen LogP contribution is -2.32. The molecule has 0 spiro atoms. The number of carbonyl (C=O) groups excluding carboxylic acids is 1. The molecule has 0 bridgehead atoms. The van der Waals surface area contributed by atoms with Crippen molar-refractivity contribution < 1.29 is 22.7 Å². The van der Waals surface area contributed by atoms with Gasteiger partial charge >= 0.3 is 12.2 Å². The third-order valence-corrected chi connectivity index (χ3v) is 6.45. The monoisotopic (exact) mass is 554 g/mol. The lowest BCUT2D eigenvalue weighted by molar-refractivity contribution is -0.137. The summed E-state index contributed by atoms with van der Waals surface area (Å²) in [6.45, 7) is 6.94. The third-order valence-electron chi connectivity index (χ3n) is 6.45. The number of likely N-dealkylation sites (N-methyl/N-ethyl adjacent to an activating group) is 1. The first-order valence-electron chi connectivity index (χ1n) is 12.7. The van der Waals surface area contributed by atoms with Crippen molar-refractivity contribution in [3.8, 4) is 16.9 Å². The molecular weight excluding hydrogens is 521 g/mol.